The zero-order chi connectivity index (χ0) is 11.9. The third-order valence-electron chi connectivity index (χ3n) is 2.59. The van der Waals surface area contributed by atoms with Crippen molar-refractivity contribution in [2.75, 3.05) is 5.32 Å². The van der Waals surface area contributed by atoms with E-state index in [0.717, 1.165) is 12.2 Å². The van der Waals surface area contributed by atoms with E-state index in [1.807, 2.05) is 48.7 Å². The Kier molecular flexibility index (Phi) is 6.43. The number of aromatic nitrogens is 1. The maximum atomic E-state index is 3.25. The molecule has 2 rings (SSSR count). The van der Waals surface area contributed by atoms with Crippen LogP contribution in [-0.4, -0.2) is 0 Å². The Morgan fingerprint density at radius 1 is 1.06 bits per heavy atom. The molecule has 0 unspecified atom stereocenters. The molecule has 0 fully saturated rings. The van der Waals surface area contributed by atoms with Crippen molar-refractivity contribution in [2.24, 2.45) is 0 Å². The molecular formula is C15H17IN2. The molecule has 2 aromatic rings. The number of aryl methyl sites for hydroxylation is 1. The van der Waals surface area contributed by atoms with Crippen LogP contribution in [0.2, 0.25) is 0 Å². The van der Waals surface area contributed by atoms with Crippen molar-refractivity contribution in [2.45, 2.75) is 13.5 Å². The summed E-state index contributed by atoms with van der Waals surface area (Å²) >= 11 is 0. The summed E-state index contributed by atoms with van der Waals surface area (Å²) in [6.45, 7) is 3.12. The Morgan fingerprint density at radius 3 is 2.50 bits per heavy atom. The fraction of sp³-hybridized carbons (Fsp3) is 0.133. The standard InChI is InChI=1S/C15H16N2.HI/c1-2-17-13-7-6-10-15(17)11-12-16-14-8-4-3-5-9-14;/h3-13H,2H2,1H3;1H. The number of hydrogen-bond acceptors (Lipinski definition) is 1. The molecule has 0 saturated carbocycles. The molecule has 1 aromatic heterocycles. The molecule has 3 heteroatoms. The van der Waals surface area contributed by atoms with Gasteiger partial charge in [-0.1, -0.05) is 18.2 Å². The smallest absolute Gasteiger partial charge is 0.206 e. The lowest BCUT2D eigenvalue weighted by atomic mass is 10.3. The largest absolute Gasteiger partial charge is 1.00 e. The van der Waals surface area contributed by atoms with Crippen LogP contribution in [0.4, 0.5) is 5.69 Å². The molecule has 2 nitrogen and oxygen atoms in total. The molecule has 0 bridgehead atoms. The van der Waals surface area contributed by atoms with E-state index in [1.165, 1.54) is 5.69 Å². The number of hydrogen-bond donors (Lipinski definition) is 1. The van der Waals surface area contributed by atoms with E-state index < -0.39 is 0 Å². The van der Waals surface area contributed by atoms with Gasteiger partial charge in [-0.25, -0.2) is 0 Å². The highest BCUT2D eigenvalue weighted by molar-refractivity contribution is 5.51. The van der Waals surface area contributed by atoms with Crippen molar-refractivity contribution < 1.29 is 28.5 Å². The molecule has 0 atom stereocenters. The lowest BCUT2D eigenvalue weighted by Gasteiger charge is -1.99. The number of rotatable bonds is 4. The number of para-hydroxylation sites is 1. The van der Waals surface area contributed by atoms with Crippen LogP contribution in [0.1, 0.15) is 12.6 Å². The van der Waals surface area contributed by atoms with Gasteiger partial charge in [0, 0.05) is 30.1 Å². The molecule has 0 spiro atoms. The van der Waals surface area contributed by atoms with Gasteiger partial charge in [0.15, 0.2) is 6.20 Å². The average molecular weight is 352 g/mol. The number of benzene rings is 1. The molecule has 0 aliphatic heterocycles. The van der Waals surface area contributed by atoms with E-state index in [-0.39, 0.29) is 24.0 Å². The van der Waals surface area contributed by atoms with Crippen LogP contribution in [0, 0.1) is 0 Å². The molecule has 1 N–H and O–H groups in total. The van der Waals surface area contributed by atoms with Crippen LogP contribution in [0.15, 0.2) is 60.9 Å². The zero-order valence-electron chi connectivity index (χ0n) is 10.4. The average Bonchev–Trinajstić information content (AvgIpc) is 2.40. The summed E-state index contributed by atoms with van der Waals surface area (Å²) in [4.78, 5) is 0. The summed E-state index contributed by atoms with van der Waals surface area (Å²) in [5.41, 5.74) is 2.29. The van der Waals surface area contributed by atoms with Gasteiger partial charge in [0.25, 0.3) is 0 Å². The Hall–Kier alpha value is -1.36. The van der Waals surface area contributed by atoms with Crippen molar-refractivity contribution in [3.63, 3.8) is 0 Å². The topological polar surface area (TPSA) is 15.9 Å². The van der Waals surface area contributed by atoms with E-state index >= 15 is 0 Å². The summed E-state index contributed by atoms with van der Waals surface area (Å²) in [6, 6.07) is 16.3. The van der Waals surface area contributed by atoms with Gasteiger partial charge in [-0.15, -0.1) is 0 Å². The molecule has 1 aromatic carbocycles. The molecular weight excluding hydrogens is 335 g/mol. The van der Waals surface area contributed by atoms with Gasteiger partial charge in [0.05, 0.1) is 0 Å². The normalized spacial score (nSPS) is 10.1. The molecule has 1 heterocycles. The molecule has 18 heavy (non-hydrogen) atoms. The van der Waals surface area contributed by atoms with Crippen molar-refractivity contribution in [3.8, 4) is 0 Å². The van der Waals surface area contributed by atoms with Gasteiger partial charge < -0.3 is 29.3 Å². The highest BCUT2D eigenvalue weighted by atomic mass is 127. The first-order valence-electron chi connectivity index (χ1n) is 5.87. The summed E-state index contributed by atoms with van der Waals surface area (Å²) in [7, 11) is 0. The quantitative estimate of drug-likeness (QED) is 0.609. The highest BCUT2D eigenvalue weighted by Gasteiger charge is 2.01. The number of nitrogens with one attached hydrogen (secondary N) is 1. The van der Waals surface area contributed by atoms with Gasteiger partial charge in [-0.3, -0.25) is 0 Å². The fourth-order valence-electron chi connectivity index (χ4n) is 1.69. The summed E-state index contributed by atoms with van der Waals surface area (Å²) < 4.78 is 2.20. The van der Waals surface area contributed by atoms with Crippen molar-refractivity contribution in [1.82, 2.24) is 0 Å². The van der Waals surface area contributed by atoms with Gasteiger partial charge in [0.1, 0.15) is 6.54 Å². The van der Waals surface area contributed by atoms with E-state index in [1.54, 1.807) is 0 Å². The van der Waals surface area contributed by atoms with Gasteiger partial charge in [-0.2, -0.15) is 4.57 Å². The molecule has 0 aliphatic carbocycles. The van der Waals surface area contributed by atoms with Crippen LogP contribution >= 0.6 is 0 Å². The van der Waals surface area contributed by atoms with Crippen LogP contribution in [-0.2, 0) is 6.54 Å². The van der Waals surface area contributed by atoms with E-state index in [9.17, 15) is 0 Å². The zero-order valence-corrected chi connectivity index (χ0v) is 12.5. The van der Waals surface area contributed by atoms with Gasteiger partial charge in [-0.05, 0) is 25.1 Å². The summed E-state index contributed by atoms with van der Waals surface area (Å²) in [6.07, 6.45) is 6.13. The maximum Gasteiger partial charge on any atom is 0.206 e. The second-order valence-electron chi connectivity index (χ2n) is 3.76. The molecule has 94 valence electrons. The first-order chi connectivity index (χ1) is 8.40. The Morgan fingerprint density at radius 2 is 1.78 bits per heavy atom. The maximum absolute atomic E-state index is 3.25. The van der Waals surface area contributed by atoms with Crippen LogP contribution in [0.25, 0.3) is 6.08 Å². The Bertz CT molecular complexity index is 495. The van der Waals surface area contributed by atoms with Crippen LogP contribution in [0.3, 0.4) is 0 Å². The Labute approximate surface area is 125 Å². The number of pyridine rings is 1. The number of anilines is 1. The Balaban J connectivity index is 0.00000162. The van der Waals surface area contributed by atoms with E-state index in [4.69, 9.17) is 0 Å². The number of nitrogens with zero attached hydrogens (tertiary/aromatic N) is 1. The second-order valence-corrected chi connectivity index (χ2v) is 3.76. The van der Waals surface area contributed by atoms with Gasteiger partial charge >= 0.3 is 0 Å². The fourth-order valence-corrected chi connectivity index (χ4v) is 1.69. The van der Waals surface area contributed by atoms with Crippen molar-refractivity contribution in [3.05, 3.63) is 66.6 Å². The van der Waals surface area contributed by atoms with Gasteiger partial charge in [0.2, 0.25) is 5.69 Å². The van der Waals surface area contributed by atoms with Crippen molar-refractivity contribution in [1.29, 1.82) is 0 Å². The lowest BCUT2D eigenvalue weighted by Crippen LogP contribution is -3.00. The van der Waals surface area contributed by atoms with E-state index in [2.05, 4.69) is 35.1 Å². The minimum absolute atomic E-state index is 0. The van der Waals surface area contributed by atoms with Crippen LogP contribution < -0.4 is 33.9 Å². The summed E-state index contributed by atoms with van der Waals surface area (Å²) in [5, 5.41) is 3.25. The van der Waals surface area contributed by atoms with Crippen molar-refractivity contribution >= 4 is 11.8 Å². The predicted octanol–water partition coefficient (Wildman–Crippen LogP) is 0.0808. The second kappa shape index (κ2) is 7.87. The first kappa shape index (κ1) is 14.7. The number of halogens is 1. The molecule has 0 radical (unpaired) electrons. The SMILES string of the molecule is CC[n+]1ccccc1/C=C/Nc1ccccc1.[I-]. The minimum Gasteiger partial charge on any atom is -1.00 e. The first-order valence-corrected chi connectivity index (χ1v) is 5.87. The lowest BCUT2D eigenvalue weighted by molar-refractivity contribution is -0.695. The summed E-state index contributed by atoms with van der Waals surface area (Å²) in [5.74, 6) is 0. The third-order valence-corrected chi connectivity index (χ3v) is 2.59. The minimum atomic E-state index is 0. The molecule has 0 amide bonds. The monoisotopic (exact) mass is 352 g/mol. The highest BCUT2D eigenvalue weighted by Crippen LogP contribution is 2.05. The predicted molar refractivity (Wildman–Crippen MR) is 71.4 cm³/mol. The van der Waals surface area contributed by atoms with E-state index in [0.29, 0.717) is 0 Å². The third kappa shape index (κ3) is 4.14. The molecule has 0 saturated heterocycles. The molecule has 0 aliphatic rings. The van der Waals surface area contributed by atoms with Crippen LogP contribution in [0.5, 0.6) is 0 Å².